The molecule has 0 aliphatic heterocycles. The average molecular weight is 236 g/mol. The molecule has 0 aromatic rings. The summed E-state index contributed by atoms with van der Waals surface area (Å²) in [6.07, 6.45) is 13.0. The summed E-state index contributed by atoms with van der Waals surface area (Å²) in [7, 11) is 0. The lowest BCUT2D eigenvalue weighted by atomic mass is 9.95. The van der Waals surface area contributed by atoms with Gasteiger partial charge in [-0.25, -0.2) is 0 Å². The Labute approximate surface area is 105 Å². The van der Waals surface area contributed by atoms with Gasteiger partial charge in [-0.3, -0.25) is 4.79 Å². The van der Waals surface area contributed by atoms with Crippen molar-refractivity contribution in [3.63, 3.8) is 0 Å². The van der Waals surface area contributed by atoms with Crippen LogP contribution >= 0.6 is 0 Å². The molecular formula is C14H24N2O. The summed E-state index contributed by atoms with van der Waals surface area (Å²) in [6, 6.07) is 0.655. The van der Waals surface area contributed by atoms with Crippen molar-refractivity contribution in [1.29, 1.82) is 0 Å². The highest BCUT2D eigenvalue weighted by Gasteiger charge is 2.15. The van der Waals surface area contributed by atoms with Crippen molar-refractivity contribution in [2.24, 2.45) is 0 Å². The fraction of sp³-hybridized carbons (Fsp3) is 0.786. The lowest BCUT2D eigenvalue weighted by Crippen LogP contribution is -2.43. The molecule has 1 amide bonds. The smallest absolute Gasteiger partial charge is 0.234 e. The van der Waals surface area contributed by atoms with Crippen molar-refractivity contribution in [1.82, 2.24) is 10.6 Å². The molecule has 3 heteroatoms. The highest BCUT2D eigenvalue weighted by Crippen LogP contribution is 2.17. The van der Waals surface area contributed by atoms with E-state index in [-0.39, 0.29) is 11.9 Å². The number of rotatable bonds is 6. The summed E-state index contributed by atoms with van der Waals surface area (Å²) in [4.78, 5) is 11.7. The van der Waals surface area contributed by atoms with Gasteiger partial charge >= 0.3 is 0 Å². The zero-order chi connectivity index (χ0) is 12.5. The summed E-state index contributed by atoms with van der Waals surface area (Å²) in [5, 5.41) is 6.29. The molecule has 1 aliphatic carbocycles. The Kier molecular flexibility index (Phi) is 6.73. The Bertz CT molecular complexity index is 264. The third-order valence-electron chi connectivity index (χ3n) is 3.38. The van der Waals surface area contributed by atoms with Crippen LogP contribution in [0.15, 0.2) is 0 Å². The van der Waals surface area contributed by atoms with E-state index in [1.54, 1.807) is 0 Å². The van der Waals surface area contributed by atoms with E-state index < -0.39 is 0 Å². The van der Waals surface area contributed by atoms with Crippen molar-refractivity contribution >= 4 is 5.91 Å². The van der Waals surface area contributed by atoms with Crippen LogP contribution in [-0.2, 0) is 4.79 Å². The van der Waals surface area contributed by atoms with E-state index >= 15 is 0 Å². The summed E-state index contributed by atoms with van der Waals surface area (Å²) >= 11 is 0. The first-order valence-corrected chi connectivity index (χ1v) is 6.72. The third kappa shape index (κ3) is 5.74. The highest BCUT2D eigenvalue weighted by molar-refractivity contribution is 5.78. The zero-order valence-corrected chi connectivity index (χ0v) is 10.8. The van der Waals surface area contributed by atoms with Crippen molar-refractivity contribution in [2.75, 3.05) is 6.54 Å². The molecule has 17 heavy (non-hydrogen) atoms. The average Bonchev–Trinajstić information content (AvgIpc) is 2.35. The first-order chi connectivity index (χ1) is 8.26. The zero-order valence-electron chi connectivity index (χ0n) is 10.8. The van der Waals surface area contributed by atoms with Gasteiger partial charge in [0, 0.05) is 18.5 Å². The van der Waals surface area contributed by atoms with E-state index in [1.807, 2.05) is 0 Å². The molecule has 1 unspecified atom stereocenters. The predicted octanol–water partition coefficient (Wildman–Crippen LogP) is 1.83. The van der Waals surface area contributed by atoms with Crippen LogP contribution in [0, 0.1) is 12.3 Å². The van der Waals surface area contributed by atoms with Crippen LogP contribution in [0.2, 0.25) is 0 Å². The molecule has 0 radical (unpaired) electrons. The second kappa shape index (κ2) is 8.14. The summed E-state index contributed by atoms with van der Waals surface area (Å²) in [5.74, 6) is 2.73. The molecule has 0 bridgehead atoms. The van der Waals surface area contributed by atoms with E-state index in [9.17, 15) is 4.79 Å². The van der Waals surface area contributed by atoms with Gasteiger partial charge in [0.05, 0.1) is 6.54 Å². The number of hydrogen-bond donors (Lipinski definition) is 2. The van der Waals surface area contributed by atoms with Crippen molar-refractivity contribution < 1.29 is 4.79 Å². The second-order valence-corrected chi connectivity index (χ2v) is 4.80. The van der Waals surface area contributed by atoms with Gasteiger partial charge < -0.3 is 10.6 Å². The monoisotopic (exact) mass is 236 g/mol. The molecule has 0 aromatic heterocycles. The Morgan fingerprint density at radius 1 is 1.41 bits per heavy atom. The quantitative estimate of drug-likeness (QED) is 0.691. The molecule has 3 nitrogen and oxygen atoms in total. The van der Waals surface area contributed by atoms with Gasteiger partial charge in [-0.05, 0) is 19.3 Å². The van der Waals surface area contributed by atoms with Crippen molar-refractivity contribution in [3.8, 4) is 12.3 Å². The first kappa shape index (κ1) is 14.1. The molecule has 96 valence electrons. The Balaban J connectivity index is 2.17. The van der Waals surface area contributed by atoms with Gasteiger partial charge in [0.1, 0.15) is 0 Å². The van der Waals surface area contributed by atoms with E-state index in [4.69, 9.17) is 6.42 Å². The number of hydrogen-bond acceptors (Lipinski definition) is 2. The Hall–Kier alpha value is -1.01. The molecule has 1 saturated carbocycles. The molecule has 2 N–H and O–H groups in total. The highest BCUT2D eigenvalue weighted by atomic mass is 16.1. The second-order valence-electron chi connectivity index (χ2n) is 4.80. The van der Waals surface area contributed by atoms with Crippen LogP contribution in [0.3, 0.4) is 0 Å². The minimum atomic E-state index is 0.104. The van der Waals surface area contributed by atoms with E-state index in [2.05, 4.69) is 23.5 Å². The van der Waals surface area contributed by atoms with Gasteiger partial charge in [-0.2, -0.15) is 0 Å². The van der Waals surface area contributed by atoms with Gasteiger partial charge in [0.15, 0.2) is 0 Å². The topological polar surface area (TPSA) is 41.1 Å². The predicted molar refractivity (Wildman–Crippen MR) is 70.5 cm³/mol. The third-order valence-corrected chi connectivity index (χ3v) is 3.38. The molecule has 0 saturated heterocycles. The van der Waals surface area contributed by atoms with Crippen LogP contribution in [0.25, 0.3) is 0 Å². The lowest BCUT2D eigenvalue weighted by molar-refractivity contribution is -0.121. The maximum atomic E-state index is 11.7. The number of carbonyl (C=O) groups excluding carboxylic acids is 1. The van der Waals surface area contributed by atoms with Crippen molar-refractivity contribution in [2.45, 2.75) is 64.0 Å². The number of nitrogens with one attached hydrogen (secondary N) is 2. The van der Waals surface area contributed by atoms with Crippen molar-refractivity contribution in [3.05, 3.63) is 0 Å². The molecule has 0 spiro atoms. The summed E-state index contributed by atoms with van der Waals surface area (Å²) < 4.78 is 0. The minimum absolute atomic E-state index is 0.104. The Morgan fingerprint density at radius 2 is 2.12 bits per heavy atom. The SMILES string of the molecule is C#CCC(CC)NCC(=O)NC1CCCCC1. The largest absolute Gasteiger partial charge is 0.352 e. The van der Waals surface area contributed by atoms with Crippen LogP contribution in [-0.4, -0.2) is 24.5 Å². The maximum absolute atomic E-state index is 11.7. The maximum Gasteiger partial charge on any atom is 0.234 e. The van der Waals surface area contributed by atoms with Crippen LogP contribution in [0.1, 0.15) is 51.9 Å². The fourth-order valence-corrected chi connectivity index (χ4v) is 2.27. The van der Waals surface area contributed by atoms with Crippen LogP contribution < -0.4 is 10.6 Å². The standard InChI is InChI=1S/C14H24N2O/c1-3-8-12(4-2)15-11-14(17)16-13-9-6-5-7-10-13/h1,12-13,15H,4-11H2,2H3,(H,16,17). The van der Waals surface area contributed by atoms with Crippen LogP contribution in [0.5, 0.6) is 0 Å². The van der Waals surface area contributed by atoms with Gasteiger partial charge in [0.25, 0.3) is 0 Å². The first-order valence-electron chi connectivity index (χ1n) is 6.72. The molecular weight excluding hydrogens is 212 g/mol. The molecule has 1 fully saturated rings. The number of amides is 1. The molecule has 1 atom stereocenters. The normalized spacial score (nSPS) is 18.4. The van der Waals surface area contributed by atoms with Gasteiger partial charge in [0.2, 0.25) is 5.91 Å². The van der Waals surface area contributed by atoms with E-state index in [1.165, 1.54) is 19.3 Å². The molecule has 1 rings (SSSR count). The lowest BCUT2D eigenvalue weighted by Gasteiger charge is -2.23. The van der Waals surface area contributed by atoms with E-state index in [0.717, 1.165) is 19.3 Å². The van der Waals surface area contributed by atoms with Gasteiger partial charge in [-0.1, -0.05) is 26.2 Å². The van der Waals surface area contributed by atoms with Gasteiger partial charge in [-0.15, -0.1) is 12.3 Å². The summed E-state index contributed by atoms with van der Waals surface area (Å²) in [6.45, 7) is 2.46. The van der Waals surface area contributed by atoms with Crippen LogP contribution in [0.4, 0.5) is 0 Å². The molecule has 0 aromatic carbocycles. The minimum Gasteiger partial charge on any atom is -0.352 e. The Morgan fingerprint density at radius 3 is 2.71 bits per heavy atom. The van der Waals surface area contributed by atoms with E-state index in [0.29, 0.717) is 19.0 Å². The number of terminal acetylenes is 1. The molecule has 1 aliphatic rings. The molecule has 0 heterocycles. The summed E-state index contributed by atoms with van der Waals surface area (Å²) in [5.41, 5.74) is 0. The number of carbonyl (C=O) groups is 1. The fourth-order valence-electron chi connectivity index (χ4n) is 2.27.